The number of amides is 1. The Morgan fingerprint density at radius 2 is 1.93 bits per heavy atom. The fourth-order valence-electron chi connectivity index (χ4n) is 3.83. The van der Waals surface area contributed by atoms with Crippen molar-refractivity contribution in [3.63, 3.8) is 0 Å². The maximum atomic E-state index is 12.5. The minimum atomic E-state index is -0.618. The Hall–Kier alpha value is -2.50. The molecule has 1 aliphatic rings. The smallest absolute Gasteiger partial charge is 0.375 e. The van der Waals surface area contributed by atoms with Gasteiger partial charge in [-0.1, -0.05) is 0 Å². The Labute approximate surface area is 159 Å². The molecule has 0 unspecified atom stereocenters. The number of furan rings is 1. The summed E-state index contributed by atoms with van der Waals surface area (Å²) in [7, 11) is 0. The van der Waals surface area contributed by atoms with Crippen LogP contribution in [-0.4, -0.2) is 42.1 Å². The van der Waals surface area contributed by atoms with E-state index in [1.54, 1.807) is 19.1 Å². The number of hydrogen-bond acceptors (Lipinski definition) is 5. The molecular weight excluding hydrogens is 346 g/mol. The van der Waals surface area contributed by atoms with E-state index in [2.05, 4.69) is 0 Å². The average Bonchev–Trinajstić information content (AvgIpc) is 2.96. The molecule has 6 nitrogen and oxygen atoms in total. The molecular formula is C21H27NO5. The van der Waals surface area contributed by atoms with Crippen molar-refractivity contribution in [1.29, 1.82) is 0 Å². The summed E-state index contributed by atoms with van der Waals surface area (Å²) in [6.45, 7) is 8.08. The molecule has 2 aromatic rings. The molecule has 27 heavy (non-hydrogen) atoms. The molecule has 1 aromatic carbocycles. The fraction of sp³-hybridized carbons (Fsp3) is 0.524. The minimum Gasteiger partial charge on any atom is -0.494 e. The Morgan fingerprint density at radius 3 is 2.59 bits per heavy atom. The van der Waals surface area contributed by atoms with Crippen LogP contribution in [0.5, 0.6) is 5.75 Å². The Bertz CT molecular complexity index is 830. The maximum absolute atomic E-state index is 12.5. The molecule has 1 fully saturated rings. The Balaban J connectivity index is 1.70. The molecule has 3 rings (SSSR count). The van der Waals surface area contributed by atoms with Gasteiger partial charge in [0.05, 0.1) is 6.61 Å². The number of benzene rings is 1. The lowest BCUT2D eigenvalue weighted by Crippen LogP contribution is -2.49. The van der Waals surface area contributed by atoms with Crippen molar-refractivity contribution in [3.8, 4) is 5.75 Å². The van der Waals surface area contributed by atoms with Crippen LogP contribution in [0.4, 0.5) is 0 Å². The second-order valence-corrected chi connectivity index (χ2v) is 7.15. The third-order valence-electron chi connectivity index (χ3n) is 5.21. The number of ether oxygens (including phenoxy) is 2. The van der Waals surface area contributed by atoms with Crippen molar-refractivity contribution in [3.05, 3.63) is 29.5 Å². The molecule has 1 aromatic heterocycles. The highest BCUT2D eigenvalue weighted by Crippen LogP contribution is 2.29. The lowest BCUT2D eigenvalue weighted by atomic mass is 9.97. The van der Waals surface area contributed by atoms with Crippen LogP contribution in [0.3, 0.4) is 0 Å². The van der Waals surface area contributed by atoms with Crippen molar-refractivity contribution >= 4 is 22.8 Å². The van der Waals surface area contributed by atoms with Crippen LogP contribution >= 0.6 is 0 Å². The van der Waals surface area contributed by atoms with E-state index in [0.717, 1.165) is 30.4 Å². The van der Waals surface area contributed by atoms with Crippen LogP contribution in [0, 0.1) is 6.92 Å². The summed E-state index contributed by atoms with van der Waals surface area (Å²) < 4.78 is 16.4. The van der Waals surface area contributed by atoms with E-state index in [4.69, 9.17) is 13.9 Å². The highest BCUT2D eigenvalue weighted by Gasteiger charge is 2.30. The summed E-state index contributed by atoms with van der Waals surface area (Å²) in [6, 6.07) is 5.75. The van der Waals surface area contributed by atoms with Crippen molar-refractivity contribution in [1.82, 2.24) is 4.90 Å². The second kappa shape index (κ2) is 8.03. The predicted molar refractivity (Wildman–Crippen MR) is 102 cm³/mol. The molecule has 0 spiro atoms. The summed E-state index contributed by atoms with van der Waals surface area (Å²) in [4.78, 5) is 26.8. The predicted octanol–water partition coefficient (Wildman–Crippen LogP) is 4.09. The molecule has 1 aliphatic heterocycles. The van der Waals surface area contributed by atoms with Crippen molar-refractivity contribution in [2.75, 3.05) is 13.2 Å². The first-order valence-corrected chi connectivity index (χ1v) is 9.56. The van der Waals surface area contributed by atoms with Crippen LogP contribution in [-0.2, 0) is 9.53 Å². The number of carbonyl (C=O) groups is 2. The van der Waals surface area contributed by atoms with Gasteiger partial charge in [0.15, 0.2) is 6.61 Å². The molecule has 2 atom stereocenters. The van der Waals surface area contributed by atoms with Gasteiger partial charge in [0.1, 0.15) is 11.3 Å². The van der Waals surface area contributed by atoms with Gasteiger partial charge in [0.25, 0.3) is 5.91 Å². The molecule has 0 bridgehead atoms. The zero-order valence-corrected chi connectivity index (χ0v) is 16.4. The van der Waals surface area contributed by atoms with Gasteiger partial charge >= 0.3 is 5.97 Å². The monoisotopic (exact) mass is 373 g/mol. The summed E-state index contributed by atoms with van der Waals surface area (Å²) in [5.41, 5.74) is 1.27. The molecule has 6 heteroatoms. The number of esters is 1. The van der Waals surface area contributed by atoms with Gasteiger partial charge in [-0.3, -0.25) is 4.79 Å². The maximum Gasteiger partial charge on any atom is 0.375 e. The van der Waals surface area contributed by atoms with Crippen LogP contribution in [0.2, 0.25) is 0 Å². The van der Waals surface area contributed by atoms with E-state index in [1.807, 2.05) is 31.7 Å². The third kappa shape index (κ3) is 3.94. The minimum absolute atomic E-state index is 0.131. The van der Waals surface area contributed by atoms with E-state index in [1.165, 1.54) is 0 Å². The van der Waals surface area contributed by atoms with E-state index >= 15 is 0 Å². The summed E-state index contributed by atoms with van der Waals surface area (Å²) in [6.07, 6.45) is 3.08. The first-order chi connectivity index (χ1) is 12.9. The molecule has 2 heterocycles. The van der Waals surface area contributed by atoms with Gasteiger partial charge in [-0.05, 0) is 65.2 Å². The van der Waals surface area contributed by atoms with Gasteiger partial charge in [0.2, 0.25) is 5.76 Å². The molecule has 1 amide bonds. The van der Waals surface area contributed by atoms with E-state index in [-0.39, 0.29) is 30.4 Å². The van der Waals surface area contributed by atoms with E-state index in [0.29, 0.717) is 17.8 Å². The highest BCUT2D eigenvalue weighted by molar-refractivity contribution is 5.97. The van der Waals surface area contributed by atoms with Crippen LogP contribution < -0.4 is 4.74 Å². The van der Waals surface area contributed by atoms with Gasteiger partial charge in [-0.2, -0.15) is 0 Å². The van der Waals surface area contributed by atoms with E-state index < -0.39 is 5.97 Å². The summed E-state index contributed by atoms with van der Waals surface area (Å²) in [5.74, 6) is 0.0750. The van der Waals surface area contributed by atoms with Crippen molar-refractivity contribution in [2.24, 2.45) is 0 Å². The standard InChI is InChI=1S/C21H27NO5/c1-5-25-16-9-10-18-17(11-16)15(4)20(27-18)21(24)26-12-19(23)22-13(2)7-6-8-14(22)3/h9-11,13-14H,5-8,12H2,1-4H3/t13-,14+. The van der Waals surface area contributed by atoms with Crippen molar-refractivity contribution in [2.45, 2.75) is 59.0 Å². The average molecular weight is 373 g/mol. The first-order valence-electron chi connectivity index (χ1n) is 9.56. The SMILES string of the molecule is CCOc1ccc2oc(C(=O)OCC(=O)N3[C@H](C)CCC[C@@H]3C)c(C)c2c1. The van der Waals surface area contributed by atoms with Crippen molar-refractivity contribution < 1.29 is 23.5 Å². The Kier molecular flexibility index (Phi) is 5.73. The van der Waals surface area contributed by atoms with Gasteiger partial charge in [0, 0.05) is 23.0 Å². The number of fused-ring (bicyclic) bond motifs is 1. The molecule has 0 N–H and O–H groups in total. The Morgan fingerprint density at radius 1 is 1.22 bits per heavy atom. The summed E-state index contributed by atoms with van der Waals surface area (Å²) >= 11 is 0. The quantitative estimate of drug-likeness (QED) is 0.739. The van der Waals surface area contributed by atoms with Crippen LogP contribution in [0.1, 0.15) is 56.2 Å². The number of likely N-dealkylation sites (tertiary alicyclic amines) is 1. The summed E-state index contributed by atoms with van der Waals surface area (Å²) in [5, 5.41) is 0.803. The number of piperidine rings is 1. The lowest BCUT2D eigenvalue weighted by Gasteiger charge is -2.38. The van der Waals surface area contributed by atoms with Gasteiger partial charge in [-0.25, -0.2) is 4.79 Å². The largest absolute Gasteiger partial charge is 0.494 e. The molecule has 0 radical (unpaired) electrons. The molecule has 1 saturated heterocycles. The molecule has 0 saturated carbocycles. The zero-order chi connectivity index (χ0) is 19.6. The first kappa shape index (κ1) is 19.3. The van der Waals surface area contributed by atoms with Crippen LogP contribution in [0.15, 0.2) is 22.6 Å². The molecule has 146 valence electrons. The number of nitrogens with zero attached hydrogens (tertiary/aromatic N) is 1. The number of rotatable bonds is 5. The van der Waals surface area contributed by atoms with E-state index in [9.17, 15) is 9.59 Å². The number of hydrogen-bond donors (Lipinski definition) is 0. The van der Waals surface area contributed by atoms with Gasteiger partial charge < -0.3 is 18.8 Å². The number of aryl methyl sites for hydroxylation is 1. The van der Waals surface area contributed by atoms with Crippen LogP contribution in [0.25, 0.3) is 11.0 Å². The lowest BCUT2D eigenvalue weighted by molar-refractivity contribution is -0.140. The van der Waals surface area contributed by atoms with Gasteiger partial charge in [-0.15, -0.1) is 0 Å². The zero-order valence-electron chi connectivity index (χ0n) is 16.4. The molecule has 0 aliphatic carbocycles. The highest BCUT2D eigenvalue weighted by atomic mass is 16.5. The third-order valence-corrected chi connectivity index (χ3v) is 5.21. The topological polar surface area (TPSA) is 69.0 Å². The second-order valence-electron chi connectivity index (χ2n) is 7.15. The number of carbonyl (C=O) groups excluding carboxylic acids is 2. The fourth-order valence-corrected chi connectivity index (χ4v) is 3.83. The normalized spacial score (nSPS) is 19.9.